The summed E-state index contributed by atoms with van der Waals surface area (Å²) in [6, 6.07) is 7.77. The molecule has 0 radical (unpaired) electrons. The van der Waals surface area contributed by atoms with Crippen LogP contribution in [0.1, 0.15) is 11.1 Å². The highest BCUT2D eigenvalue weighted by Crippen LogP contribution is 2.03. The van der Waals surface area contributed by atoms with E-state index in [9.17, 15) is 0 Å². The number of aliphatic hydroxyl groups is 1. The first kappa shape index (κ1) is 13.5. The molecule has 1 aromatic carbocycles. The molecule has 3 nitrogen and oxygen atoms in total. The summed E-state index contributed by atoms with van der Waals surface area (Å²) in [5.74, 6) is 5.83. The molecule has 3 heteroatoms. The lowest BCUT2D eigenvalue weighted by Crippen LogP contribution is -2.25. The van der Waals surface area contributed by atoms with Gasteiger partial charge in [-0.25, -0.2) is 0 Å². The molecule has 90 valence electrons. The molecular weight excluding hydrogens is 214 g/mol. The summed E-state index contributed by atoms with van der Waals surface area (Å²) in [4.78, 5) is 0. The molecule has 0 heterocycles. The number of nitrogens with two attached hydrogens (primary N) is 1. The Bertz CT molecular complexity index is 400. The van der Waals surface area contributed by atoms with Gasteiger partial charge >= 0.3 is 0 Å². The average Bonchev–Trinajstić information content (AvgIpc) is 2.38. The number of benzene rings is 1. The zero-order valence-corrected chi connectivity index (χ0v) is 9.73. The molecule has 1 aromatic rings. The van der Waals surface area contributed by atoms with Crippen molar-refractivity contribution < 1.29 is 9.84 Å². The van der Waals surface area contributed by atoms with Crippen LogP contribution in [0.5, 0.6) is 0 Å². The van der Waals surface area contributed by atoms with Crippen LogP contribution in [0.25, 0.3) is 6.08 Å². The molecule has 0 spiro atoms. The lowest BCUT2D eigenvalue weighted by Gasteiger charge is -2.05. The molecule has 0 aliphatic heterocycles. The zero-order chi connectivity index (χ0) is 12.5. The van der Waals surface area contributed by atoms with Gasteiger partial charge in [-0.3, -0.25) is 0 Å². The van der Waals surface area contributed by atoms with Crippen LogP contribution >= 0.6 is 0 Å². The Morgan fingerprint density at radius 1 is 1.41 bits per heavy atom. The minimum absolute atomic E-state index is 0.205. The van der Waals surface area contributed by atoms with Gasteiger partial charge in [-0.15, -0.1) is 0 Å². The van der Waals surface area contributed by atoms with E-state index in [0.717, 1.165) is 11.1 Å². The maximum absolute atomic E-state index is 9.12. The lowest BCUT2D eigenvalue weighted by molar-refractivity contribution is 0.0564. The fraction of sp³-hybridized carbons (Fsp3) is 0.286. The second-order valence-corrected chi connectivity index (χ2v) is 3.53. The Morgan fingerprint density at radius 3 is 2.71 bits per heavy atom. The molecule has 1 unspecified atom stereocenters. The van der Waals surface area contributed by atoms with Crippen molar-refractivity contribution in [1.82, 2.24) is 0 Å². The van der Waals surface area contributed by atoms with E-state index in [4.69, 9.17) is 15.6 Å². The summed E-state index contributed by atoms with van der Waals surface area (Å²) < 4.78 is 5.13. The Balaban J connectivity index is 2.35. The first-order valence-corrected chi connectivity index (χ1v) is 5.43. The molecule has 0 amide bonds. The minimum atomic E-state index is -0.608. The van der Waals surface area contributed by atoms with E-state index >= 15 is 0 Å². The van der Waals surface area contributed by atoms with Crippen LogP contribution in [0.2, 0.25) is 0 Å². The van der Waals surface area contributed by atoms with Crippen molar-refractivity contribution in [1.29, 1.82) is 0 Å². The monoisotopic (exact) mass is 231 g/mol. The predicted octanol–water partition coefficient (Wildman–Crippen LogP) is 1.02. The molecule has 0 aliphatic rings. The zero-order valence-electron chi connectivity index (χ0n) is 9.73. The molecule has 0 saturated carbocycles. The first-order chi connectivity index (χ1) is 8.26. The van der Waals surface area contributed by atoms with Gasteiger partial charge in [-0.2, -0.15) is 0 Å². The van der Waals surface area contributed by atoms with Crippen LogP contribution in [-0.4, -0.2) is 31.0 Å². The van der Waals surface area contributed by atoms with E-state index in [1.165, 1.54) is 0 Å². The summed E-state index contributed by atoms with van der Waals surface area (Å²) in [6.45, 7) is 4.40. The van der Waals surface area contributed by atoms with Gasteiger partial charge in [0, 0.05) is 12.1 Å². The van der Waals surface area contributed by atoms with Gasteiger partial charge in [0.15, 0.2) is 0 Å². The molecule has 0 aromatic heterocycles. The predicted molar refractivity (Wildman–Crippen MR) is 69.3 cm³/mol. The summed E-state index contributed by atoms with van der Waals surface area (Å²) >= 11 is 0. The van der Waals surface area contributed by atoms with Crippen molar-refractivity contribution in [2.75, 3.05) is 19.8 Å². The van der Waals surface area contributed by atoms with Crippen LogP contribution in [0.3, 0.4) is 0 Å². The van der Waals surface area contributed by atoms with Gasteiger partial charge in [0.25, 0.3) is 0 Å². The molecule has 1 atom stereocenters. The van der Waals surface area contributed by atoms with Crippen LogP contribution in [0.4, 0.5) is 0 Å². The fourth-order valence-corrected chi connectivity index (χ4v) is 1.15. The molecule has 1 rings (SSSR count). The summed E-state index contributed by atoms with van der Waals surface area (Å²) in [5.41, 5.74) is 7.23. The van der Waals surface area contributed by atoms with Gasteiger partial charge in [0.1, 0.15) is 6.61 Å². The maximum Gasteiger partial charge on any atom is 0.108 e. The SMILES string of the molecule is C=Cc1ccc(C#CCOCC(O)CN)cc1. The third-order valence-corrected chi connectivity index (χ3v) is 2.14. The molecule has 0 aliphatic carbocycles. The molecule has 0 fully saturated rings. The average molecular weight is 231 g/mol. The van der Waals surface area contributed by atoms with Crippen LogP contribution in [0.15, 0.2) is 30.8 Å². The Hall–Kier alpha value is -1.60. The quantitative estimate of drug-likeness (QED) is 0.587. The van der Waals surface area contributed by atoms with Crippen molar-refractivity contribution in [3.05, 3.63) is 42.0 Å². The van der Waals surface area contributed by atoms with Gasteiger partial charge in [-0.05, 0) is 17.7 Å². The smallest absolute Gasteiger partial charge is 0.108 e. The van der Waals surface area contributed by atoms with Gasteiger partial charge in [0.2, 0.25) is 0 Å². The molecule has 17 heavy (non-hydrogen) atoms. The third-order valence-electron chi connectivity index (χ3n) is 2.14. The topological polar surface area (TPSA) is 55.5 Å². The largest absolute Gasteiger partial charge is 0.389 e. The van der Waals surface area contributed by atoms with Crippen molar-refractivity contribution >= 4 is 6.08 Å². The van der Waals surface area contributed by atoms with Gasteiger partial charge in [-0.1, -0.05) is 36.6 Å². The second kappa shape index (κ2) is 7.64. The van der Waals surface area contributed by atoms with E-state index in [2.05, 4.69) is 18.4 Å². The van der Waals surface area contributed by atoms with E-state index in [0.29, 0.717) is 6.61 Å². The van der Waals surface area contributed by atoms with Crippen LogP contribution in [0, 0.1) is 11.8 Å². The number of ether oxygens (including phenoxy) is 1. The second-order valence-electron chi connectivity index (χ2n) is 3.53. The van der Waals surface area contributed by atoms with Crippen molar-refractivity contribution in [2.24, 2.45) is 5.73 Å². The maximum atomic E-state index is 9.12. The molecule has 0 bridgehead atoms. The van der Waals surface area contributed by atoms with Crippen LogP contribution in [-0.2, 0) is 4.74 Å². The summed E-state index contributed by atoms with van der Waals surface area (Å²) in [6.07, 6.45) is 1.18. The van der Waals surface area contributed by atoms with Gasteiger partial charge < -0.3 is 15.6 Å². The van der Waals surface area contributed by atoms with Crippen molar-refractivity contribution in [2.45, 2.75) is 6.10 Å². The number of hydrogen-bond donors (Lipinski definition) is 2. The van der Waals surface area contributed by atoms with Crippen molar-refractivity contribution in [3.8, 4) is 11.8 Å². The Morgan fingerprint density at radius 2 is 2.12 bits per heavy atom. The molecule has 0 saturated heterocycles. The van der Waals surface area contributed by atoms with E-state index in [1.54, 1.807) is 6.08 Å². The first-order valence-electron chi connectivity index (χ1n) is 5.43. The number of hydrogen-bond acceptors (Lipinski definition) is 3. The van der Waals surface area contributed by atoms with Crippen molar-refractivity contribution in [3.63, 3.8) is 0 Å². The highest BCUT2D eigenvalue weighted by atomic mass is 16.5. The highest BCUT2D eigenvalue weighted by Gasteiger charge is 1.98. The Labute approximate surface area is 102 Å². The third kappa shape index (κ3) is 5.32. The summed E-state index contributed by atoms with van der Waals surface area (Å²) in [5, 5.41) is 9.12. The van der Waals surface area contributed by atoms with E-state index in [-0.39, 0.29) is 13.2 Å². The summed E-state index contributed by atoms with van der Waals surface area (Å²) in [7, 11) is 0. The van der Waals surface area contributed by atoms with E-state index < -0.39 is 6.10 Å². The number of aliphatic hydroxyl groups excluding tert-OH is 1. The minimum Gasteiger partial charge on any atom is -0.389 e. The Kier molecular flexibility index (Phi) is 6.05. The standard InChI is InChI=1S/C14H17NO2/c1-2-12-5-7-13(8-6-12)4-3-9-17-11-14(16)10-15/h2,5-8,14,16H,1,9-11,15H2. The number of rotatable bonds is 5. The molecule has 3 N–H and O–H groups in total. The molecular formula is C14H17NO2. The fourth-order valence-electron chi connectivity index (χ4n) is 1.15. The van der Waals surface area contributed by atoms with Gasteiger partial charge in [0.05, 0.1) is 12.7 Å². The highest BCUT2D eigenvalue weighted by molar-refractivity contribution is 5.49. The van der Waals surface area contributed by atoms with Crippen LogP contribution < -0.4 is 5.73 Å². The normalized spacial score (nSPS) is 11.4. The van der Waals surface area contributed by atoms with E-state index in [1.807, 2.05) is 24.3 Å². The lowest BCUT2D eigenvalue weighted by atomic mass is 10.1.